The fourth-order valence-corrected chi connectivity index (χ4v) is 5.20. The highest BCUT2D eigenvalue weighted by atomic mass is 35.5. The maximum atomic E-state index is 13.1. The standard InChI is InChI=1S/C23H25ClN2O5/c1-11(2)20(26-21(28)18-13-7-8-14(9-13)19(18)22(26)29)23(30)31-10-17(27)25-16-6-4-5-15(24)12(16)3/h4-8,11,13-14,18-20H,9-10H2,1-3H3,(H,25,27)/t13-,14-,18-,19+,20-/m0/s1. The van der Waals surface area contributed by atoms with Gasteiger partial charge in [-0.1, -0.05) is 43.7 Å². The highest BCUT2D eigenvalue weighted by molar-refractivity contribution is 6.31. The predicted molar refractivity (Wildman–Crippen MR) is 114 cm³/mol. The van der Waals surface area contributed by atoms with Crippen molar-refractivity contribution in [1.82, 2.24) is 4.90 Å². The molecule has 5 atom stereocenters. The third kappa shape index (κ3) is 3.65. The molecule has 4 rings (SSSR count). The van der Waals surface area contributed by atoms with Crippen LogP contribution in [0.25, 0.3) is 0 Å². The summed E-state index contributed by atoms with van der Waals surface area (Å²) >= 11 is 6.06. The van der Waals surface area contributed by atoms with Gasteiger partial charge in [-0.3, -0.25) is 19.3 Å². The number of nitrogens with zero attached hydrogens (tertiary/aromatic N) is 1. The first kappa shape index (κ1) is 21.6. The second-order valence-electron chi connectivity index (χ2n) is 8.80. The molecule has 0 spiro atoms. The molecule has 3 amide bonds. The van der Waals surface area contributed by atoms with Crippen molar-refractivity contribution < 1.29 is 23.9 Å². The van der Waals surface area contributed by atoms with Crippen LogP contribution in [0.4, 0.5) is 5.69 Å². The van der Waals surface area contributed by atoms with Crippen molar-refractivity contribution in [3.63, 3.8) is 0 Å². The molecule has 8 heteroatoms. The summed E-state index contributed by atoms with van der Waals surface area (Å²) in [7, 11) is 0. The molecule has 2 fully saturated rings. The van der Waals surface area contributed by atoms with Gasteiger partial charge < -0.3 is 10.1 Å². The van der Waals surface area contributed by atoms with Gasteiger partial charge in [0.25, 0.3) is 5.91 Å². The number of rotatable bonds is 6. The second kappa shape index (κ2) is 8.11. The van der Waals surface area contributed by atoms with Gasteiger partial charge in [-0.05, 0) is 48.8 Å². The van der Waals surface area contributed by atoms with Gasteiger partial charge in [0.15, 0.2) is 6.61 Å². The van der Waals surface area contributed by atoms with Crippen LogP contribution in [0, 0.1) is 36.5 Å². The van der Waals surface area contributed by atoms with Crippen molar-refractivity contribution in [2.75, 3.05) is 11.9 Å². The van der Waals surface area contributed by atoms with E-state index in [-0.39, 0.29) is 41.4 Å². The Morgan fingerprint density at radius 3 is 2.35 bits per heavy atom. The zero-order valence-corrected chi connectivity index (χ0v) is 18.4. The zero-order chi connectivity index (χ0) is 22.4. The largest absolute Gasteiger partial charge is 0.454 e. The first-order valence-electron chi connectivity index (χ1n) is 10.5. The fourth-order valence-electron chi connectivity index (χ4n) is 5.03. The van der Waals surface area contributed by atoms with Crippen LogP contribution >= 0.6 is 11.6 Å². The van der Waals surface area contributed by atoms with Crippen LogP contribution in [0.3, 0.4) is 0 Å². The lowest BCUT2D eigenvalue weighted by atomic mass is 9.85. The first-order valence-corrected chi connectivity index (χ1v) is 10.8. The van der Waals surface area contributed by atoms with Crippen LogP contribution in [0.15, 0.2) is 30.4 Å². The summed E-state index contributed by atoms with van der Waals surface area (Å²) in [6, 6.07) is 4.06. The fraction of sp³-hybridized carbons (Fsp3) is 0.478. The Morgan fingerprint density at radius 1 is 1.16 bits per heavy atom. The van der Waals surface area contributed by atoms with Gasteiger partial charge >= 0.3 is 5.97 Å². The molecule has 164 valence electrons. The average Bonchev–Trinajstić information content (AvgIpc) is 3.40. The monoisotopic (exact) mass is 444 g/mol. The molecule has 1 aromatic carbocycles. The van der Waals surface area contributed by atoms with Crippen molar-refractivity contribution in [1.29, 1.82) is 0 Å². The number of ether oxygens (including phenoxy) is 1. The van der Waals surface area contributed by atoms with Crippen molar-refractivity contribution in [2.24, 2.45) is 29.6 Å². The van der Waals surface area contributed by atoms with Gasteiger partial charge in [0.05, 0.1) is 11.8 Å². The van der Waals surface area contributed by atoms with E-state index in [4.69, 9.17) is 16.3 Å². The van der Waals surface area contributed by atoms with E-state index in [2.05, 4.69) is 5.32 Å². The third-order valence-electron chi connectivity index (χ3n) is 6.54. The molecule has 1 aliphatic heterocycles. The third-order valence-corrected chi connectivity index (χ3v) is 6.95. The number of carbonyl (C=O) groups excluding carboxylic acids is 4. The summed E-state index contributed by atoms with van der Waals surface area (Å²) in [6.07, 6.45) is 4.83. The number of benzene rings is 1. The van der Waals surface area contributed by atoms with Crippen LogP contribution in [0.1, 0.15) is 25.8 Å². The highest BCUT2D eigenvalue weighted by Crippen LogP contribution is 2.53. The van der Waals surface area contributed by atoms with Gasteiger partial charge in [0, 0.05) is 10.7 Å². The molecule has 2 bridgehead atoms. The Labute approximate surface area is 185 Å². The van der Waals surface area contributed by atoms with Crippen LogP contribution < -0.4 is 5.32 Å². The number of hydrogen-bond acceptors (Lipinski definition) is 5. The lowest BCUT2D eigenvalue weighted by Crippen LogP contribution is -2.50. The highest BCUT2D eigenvalue weighted by Gasteiger charge is 2.61. The van der Waals surface area contributed by atoms with E-state index >= 15 is 0 Å². The van der Waals surface area contributed by atoms with Crippen molar-refractivity contribution >= 4 is 41.0 Å². The molecule has 7 nitrogen and oxygen atoms in total. The number of amides is 3. The lowest BCUT2D eigenvalue weighted by Gasteiger charge is -2.28. The van der Waals surface area contributed by atoms with Crippen molar-refractivity contribution in [2.45, 2.75) is 33.2 Å². The van der Waals surface area contributed by atoms with Crippen LogP contribution in [0.2, 0.25) is 5.02 Å². The summed E-state index contributed by atoms with van der Waals surface area (Å²) in [4.78, 5) is 52.4. The molecule has 0 radical (unpaired) electrons. The molecule has 2 aliphatic carbocycles. The van der Waals surface area contributed by atoms with E-state index in [0.29, 0.717) is 16.3 Å². The molecule has 31 heavy (non-hydrogen) atoms. The number of fused-ring (bicyclic) bond motifs is 5. The molecule has 0 aromatic heterocycles. The van der Waals surface area contributed by atoms with Crippen LogP contribution in [-0.2, 0) is 23.9 Å². The Bertz CT molecular complexity index is 958. The number of anilines is 1. The number of halogens is 1. The summed E-state index contributed by atoms with van der Waals surface area (Å²) in [6.45, 7) is 4.75. The SMILES string of the molecule is Cc1c(Cl)cccc1NC(=O)COC(=O)[C@H](C(C)C)N1C(=O)[C@@H]2[C@H](C1=O)[C@H]1C=C[C@H]2C1. The molecule has 1 aromatic rings. The maximum absolute atomic E-state index is 13.1. The number of likely N-dealkylation sites (tertiary alicyclic amines) is 1. The van der Waals surface area contributed by atoms with Gasteiger partial charge in [0.1, 0.15) is 6.04 Å². The topological polar surface area (TPSA) is 92.8 Å². The lowest BCUT2D eigenvalue weighted by molar-refractivity contribution is -0.162. The predicted octanol–water partition coefficient (Wildman–Crippen LogP) is 2.96. The van der Waals surface area contributed by atoms with E-state index in [1.54, 1.807) is 39.0 Å². The van der Waals surface area contributed by atoms with E-state index in [1.165, 1.54) is 0 Å². The minimum absolute atomic E-state index is 0.0620. The molecule has 1 saturated carbocycles. The Balaban J connectivity index is 1.43. The summed E-state index contributed by atoms with van der Waals surface area (Å²) in [5.74, 6) is -2.88. The zero-order valence-electron chi connectivity index (χ0n) is 17.6. The number of hydrogen-bond donors (Lipinski definition) is 1. The van der Waals surface area contributed by atoms with Crippen LogP contribution in [-0.4, -0.2) is 41.2 Å². The van der Waals surface area contributed by atoms with Crippen LogP contribution in [0.5, 0.6) is 0 Å². The number of imide groups is 1. The van der Waals surface area contributed by atoms with E-state index in [0.717, 1.165) is 11.3 Å². The van der Waals surface area contributed by atoms with E-state index in [1.807, 2.05) is 12.2 Å². The van der Waals surface area contributed by atoms with Gasteiger partial charge in [0.2, 0.25) is 11.8 Å². The summed E-state index contributed by atoms with van der Waals surface area (Å²) in [5.41, 5.74) is 1.22. The normalized spacial score (nSPS) is 27.1. The Morgan fingerprint density at radius 2 is 1.77 bits per heavy atom. The average molecular weight is 445 g/mol. The van der Waals surface area contributed by atoms with Crippen molar-refractivity contribution in [3.8, 4) is 0 Å². The number of nitrogens with one attached hydrogen (secondary N) is 1. The molecular weight excluding hydrogens is 420 g/mol. The van der Waals surface area contributed by atoms with Gasteiger partial charge in [-0.25, -0.2) is 4.79 Å². The molecule has 3 aliphatic rings. The molecule has 1 N–H and O–H groups in total. The smallest absolute Gasteiger partial charge is 0.330 e. The minimum Gasteiger partial charge on any atom is -0.454 e. The number of allylic oxidation sites excluding steroid dienone is 2. The minimum atomic E-state index is -1.05. The van der Waals surface area contributed by atoms with Gasteiger partial charge in [-0.2, -0.15) is 0 Å². The quantitative estimate of drug-likeness (QED) is 0.413. The second-order valence-corrected chi connectivity index (χ2v) is 9.21. The number of carbonyl (C=O) groups is 4. The maximum Gasteiger partial charge on any atom is 0.330 e. The number of esters is 1. The van der Waals surface area contributed by atoms with E-state index in [9.17, 15) is 19.2 Å². The first-order chi connectivity index (χ1) is 14.7. The molecule has 1 saturated heterocycles. The van der Waals surface area contributed by atoms with Gasteiger partial charge in [-0.15, -0.1) is 0 Å². The summed E-state index contributed by atoms with van der Waals surface area (Å²) < 4.78 is 5.22. The summed E-state index contributed by atoms with van der Waals surface area (Å²) in [5, 5.41) is 3.17. The molecular formula is C23H25ClN2O5. The van der Waals surface area contributed by atoms with Crippen molar-refractivity contribution in [3.05, 3.63) is 40.9 Å². The Hall–Kier alpha value is -2.67. The molecule has 0 unspecified atom stereocenters. The molecule has 1 heterocycles. The Kier molecular flexibility index (Phi) is 5.64. The van der Waals surface area contributed by atoms with E-state index < -0.39 is 24.5 Å².